The SMILES string of the molecule is CC(C)CCCC(C)CCOc1ccc(C2SCC(=O)N2Cc2ccccc2)cc1. The molecule has 0 N–H and O–H groups in total. The topological polar surface area (TPSA) is 29.5 Å². The molecule has 30 heavy (non-hydrogen) atoms. The Morgan fingerprint density at radius 2 is 1.73 bits per heavy atom. The number of ether oxygens (including phenoxy) is 1. The monoisotopic (exact) mass is 425 g/mol. The Hall–Kier alpha value is -1.94. The highest BCUT2D eigenvalue weighted by atomic mass is 32.2. The molecule has 3 nitrogen and oxygen atoms in total. The minimum atomic E-state index is 0.0766. The number of carbonyl (C=O) groups is 1. The molecule has 3 rings (SSSR count). The van der Waals surface area contributed by atoms with Gasteiger partial charge < -0.3 is 9.64 Å². The van der Waals surface area contributed by atoms with Gasteiger partial charge in [0.1, 0.15) is 11.1 Å². The number of hydrogen-bond donors (Lipinski definition) is 0. The smallest absolute Gasteiger partial charge is 0.234 e. The van der Waals surface area contributed by atoms with Crippen molar-refractivity contribution < 1.29 is 9.53 Å². The maximum atomic E-state index is 12.4. The van der Waals surface area contributed by atoms with Crippen molar-refractivity contribution in [2.24, 2.45) is 11.8 Å². The Morgan fingerprint density at radius 1 is 1.00 bits per heavy atom. The van der Waals surface area contributed by atoms with Crippen molar-refractivity contribution in [1.29, 1.82) is 0 Å². The maximum absolute atomic E-state index is 12.4. The van der Waals surface area contributed by atoms with E-state index in [2.05, 4.69) is 45.0 Å². The van der Waals surface area contributed by atoms with Crippen LogP contribution in [0.15, 0.2) is 54.6 Å². The average molecular weight is 426 g/mol. The zero-order valence-corrected chi connectivity index (χ0v) is 19.4. The Balaban J connectivity index is 1.49. The summed E-state index contributed by atoms with van der Waals surface area (Å²) in [4.78, 5) is 14.4. The van der Waals surface area contributed by atoms with Crippen molar-refractivity contribution in [1.82, 2.24) is 4.90 Å². The van der Waals surface area contributed by atoms with Crippen LogP contribution in [0.2, 0.25) is 0 Å². The fourth-order valence-corrected chi connectivity index (χ4v) is 4.99. The first kappa shape index (κ1) is 22.7. The van der Waals surface area contributed by atoms with Crippen molar-refractivity contribution in [2.45, 2.75) is 58.4 Å². The van der Waals surface area contributed by atoms with Crippen LogP contribution in [0.4, 0.5) is 0 Å². The van der Waals surface area contributed by atoms with Crippen molar-refractivity contribution in [3.05, 3.63) is 65.7 Å². The van der Waals surface area contributed by atoms with Gasteiger partial charge in [-0.05, 0) is 41.5 Å². The van der Waals surface area contributed by atoms with Crippen molar-refractivity contribution >= 4 is 17.7 Å². The van der Waals surface area contributed by atoms with E-state index in [-0.39, 0.29) is 11.3 Å². The van der Waals surface area contributed by atoms with E-state index in [0.29, 0.717) is 18.2 Å². The van der Waals surface area contributed by atoms with Crippen LogP contribution in [0, 0.1) is 11.8 Å². The van der Waals surface area contributed by atoms with Gasteiger partial charge in [0.05, 0.1) is 12.4 Å². The molecule has 4 heteroatoms. The average Bonchev–Trinajstić information content (AvgIpc) is 3.09. The lowest BCUT2D eigenvalue weighted by molar-refractivity contribution is -0.128. The standard InChI is InChI=1S/C26H35NO2S/c1-20(2)8-7-9-21(3)16-17-29-24-14-12-23(13-15-24)26-27(25(28)19-30-26)18-22-10-5-4-6-11-22/h4-6,10-15,20-21,26H,7-9,16-19H2,1-3H3. The van der Waals surface area contributed by atoms with Crippen LogP contribution in [-0.4, -0.2) is 23.2 Å². The molecule has 1 fully saturated rings. The summed E-state index contributed by atoms with van der Waals surface area (Å²) in [5.74, 6) is 3.17. The van der Waals surface area contributed by atoms with Crippen LogP contribution >= 0.6 is 11.8 Å². The number of thioether (sulfide) groups is 1. The highest BCUT2D eigenvalue weighted by Gasteiger charge is 2.32. The van der Waals surface area contributed by atoms with Gasteiger partial charge in [-0.3, -0.25) is 4.79 Å². The lowest BCUT2D eigenvalue weighted by atomic mass is 9.98. The quantitative estimate of drug-likeness (QED) is 0.401. The number of carbonyl (C=O) groups excluding carboxylic acids is 1. The highest BCUT2D eigenvalue weighted by molar-refractivity contribution is 8.00. The molecular weight excluding hydrogens is 390 g/mol. The summed E-state index contributed by atoms with van der Waals surface area (Å²) in [5, 5.41) is 0.0766. The molecular formula is C26H35NO2S. The van der Waals surface area contributed by atoms with Crippen LogP contribution in [0.3, 0.4) is 0 Å². The Kier molecular flexibility index (Phi) is 8.68. The summed E-state index contributed by atoms with van der Waals surface area (Å²) < 4.78 is 5.98. The summed E-state index contributed by atoms with van der Waals surface area (Å²) in [6, 6.07) is 18.5. The molecule has 1 heterocycles. The molecule has 0 spiro atoms. The second-order valence-electron chi connectivity index (χ2n) is 8.81. The minimum absolute atomic E-state index is 0.0766. The second-order valence-corrected chi connectivity index (χ2v) is 9.88. The molecule has 0 aliphatic carbocycles. The number of benzene rings is 2. The Morgan fingerprint density at radius 3 is 2.43 bits per heavy atom. The summed E-state index contributed by atoms with van der Waals surface area (Å²) in [7, 11) is 0. The van der Waals surface area contributed by atoms with E-state index in [1.54, 1.807) is 11.8 Å². The van der Waals surface area contributed by atoms with E-state index in [1.165, 1.54) is 24.8 Å². The summed E-state index contributed by atoms with van der Waals surface area (Å²) >= 11 is 1.70. The third-order valence-corrected chi connectivity index (χ3v) is 6.94. The molecule has 2 aromatic rings. The van der Waals surface area contributed by atoms with E-state index >= 15 is 0 Å². The van der Waals surface area contributed by atoms with Gasteiger partial charge in [-0.2, -0.15) is 0 Å². The minimum Gasteiger partial charge on any atom is -0.494 e. The molecule has 1 amide bonds. The molecule has 0 radical (unpaired) electrons. The van der Waals surface area contributed by atoms with Crippen LogP contribution in [0.1, 0.15) is 63.0 Å². The normalized spacial score (nSPS) is 17.5. The lowest BCUT2D eigenvalue weighted by Gasteiger charge is -2.24. The molecule has 0 bridgehead atoms. The first-order valence-corrected chi connectivity index (χ1v) is 12.3. The lowest BCUT2D eigenvalue weighted by Crippen LogP contribution is -2.27. The summed E-state index contributed by atoms with van der Waals surface area (Å²) in [5.41, 5.74) is 2.33. The van der Waals surface area contributed by atoms with Crippen molar-refractivity contribution in [3.63, 3.8) is 0 Å². The van der Waals surface area contributed by atoms with Crippen LogP contribution in [0.25, 0.3) is 0 Å². The van der Waals surface area contributed by atoms with E-state index in [9.17, 15) is 4.79 Å². The molecule has 1 saturated heterocycles. The molecule has 162 valence electrons. The molecule has 1 aliphatic heterocycles. The number of hydrogen-bond acceptors (Lipinski definition) is 3. The third kappa shape index (κ3) is 6.80. The zero-order valence-electron chi connectivity index (χ0n) is 18.5. The molecule has 1 aliphatic rings. The predicted molar refractivity (Wildman–Crippen MR) is 127 cm³/mol. The van der Waals surface area contributed by atoms with Gasteiger partial charge in [0, 0.05) is 6.54 Å². The van der Waals surface area contributed by atoms with Crippen LogP contribution in [-0.2, 0) is 11.3 Å². The summed E-state index contributed by atoms with van der Waals surface area (Å²) in [6.45, 7) is 8.32. The number of nitrogens with zero attached hydrogens (tertiary/aromatic N) is 1. The first-order chi connectivity index (χ1) is 14.5. The van der Waals surface area contributed by atoms with Gasteiger partial charge in [0.15, 0.2) is 0 Å². The van der Waals surface area contributed by atoms with Crippen LogP contribution in [0.5, 0.6) is 5.75 Å². The van der Waals surface area contributed by atoms with Crippen molar-refractivity contribution in [3.8, 4) is 5.75 Å². The van der Waals surface area contributed by atoms with Gasteiger partial charge in [-0.25, -0.2) is 0 Å². The van der Waals surface area contributed by atoms with Gasteiger partial charge >= 0.3 is 0 Å². The first-order valence-electron chi connectivity index (χ1n) is 11.2. The molecule has 0 aromatic heterocycles. The van der Waals surface area contributed by atoms with E-state index in [1.807, 2.05) is 35.2 Å². The van der Waals surface area contributed by atoms with Crippen molar-refractivity contribution in [2.75, 3.05) is 12.4 Å². The zero-order chi connectivity index (χ0) is 21.3. The van der Waals surface area contributed by atoms with E-state index < -0.39 is 0 Å². The van der Waals surface area contributed by atoms with Gasteiger partial charge in [0.25, 0.3) is 0 Å². The largest absolute Gasteiger partial charge is 0.494 e. The Bertz CT molecular complexity index is 775. The van der Waals surface area contributed by atoms with Gasteiger partial charge in [-0.1, -0.05) is 82.5 Å². The van der Waals surface area contributed by atoms with E-state index in [0.717, 1.165) is 30.3 Å². The van der Waals surface area contributed by atoms with Gasteiger partial charge in [0.2, 0.25) is 5.91 Å². The summed E-state index contributed by atoms with van der Waals surface area (Å²) in [6.07, 6.45) is 5.00. The molecule has 2 unspecified atom stereocenters. The fraction of sp³-hybridized carbons (Fsp3) is 0.500. The number of rotatable bonds is 11. The Labute approximate surface area is 186 Å². The fourth-order valence-electron chi connectivity index (χ4n) is 3.81. The van der Waals surface area contributed by atoms with Crippen LogP contribution < -0.4 is 4.74 Å². The molecule has 0 saturated carbocycles. The second kappa shape index (κ2) is 11.5. The maximum Gasteiger partial charge on any atom is 0.234 e. The number of amides is 1. The third-order valence-electron chi connectivity index (χ3n) is 5.69. The molecule has 2 aromatic carbocycles. The van der Waals surface area contributed by atoms with E-state index in [4.69, 9.17) is 4.74 Å². The molecule has 2 atom stereocenters. The highest BCUT2D eigenvalue weighted by Crippen LogP contribution is 2.40. The predicted octanol–water partition coefficient (Wildman–Crippen LogP) is 6.69. The van der Waals surface area contributed by atoms with Gasteiger partial charge in [-0.15, -0.1) is 11.8 Å².